The Morgan fingerprint density at radius 2 is 1.23 bits per heavy atom. The molecule has 0 radical (unpaired) electrons. The van der Waals surface area contributed by atoms with Crippen LogP contribution in [0.2, 0.25) is 0 Å². The number of carbonyl (C=O) groups is 6. The van der Waals surface area contributed by atoms with Gasteiger partial charge in [0.25, 0.3) is 0 Å². The SMILES string of the molecule is O=C1N[C@@H](Cc2ccc(OCc3ccccc3)cc2)C(=O)N[C@@H](Cc2cccnc2)C(=O)N2C[C@H](Oc3ccncc3)C[C@H]2C(=O)N[C@@H](CCc2ccccc2)C(=O)N[C@@H](Cc2c[nH]c3ccccc23)C(=O)C[C@H]1CC1CCNCC1. The first-order valence-electron chi connectivity index (χ1n) is 28.1. The average Bonchev–Trinajstić information content (AvgIpc) is 4.13. The first-order valence-corrected chi connectivity index (χ1v) is 28.1. The van der Waals surface area contributed by atoms with E-state index in [2.05, 4.69) is 41.5 Å². The fourth-order valence-corrected chi connectivity index (χ4v) is 11.3. The van der Waals surface area contributed by atoms with E-state index >= 15 is 28.8 Å². The molecule has 418 valence electrons. The van der Waals surface area contributed by atoms with Crippen LogP contribution in [0.15, 0.2) is 164 Å². The van der Waals surface area contributed by atoms with E-state index in [0.717, 1.165) is 53.5 Å². The number of benzene rings is 4. The maximum absolute atomic E-state index is 15.5. The van der Waals surface area contributed by atoms with Gasteiger partial charge in [-0.05, 0) is 115 Å². The average molecular weight is 1090 g/mol. The van der Waals surface area contributed by atoms with Crippen molar-refractivity contribution in [3.8, 4) is 11.5 Å². The molecular formula is C64H69N9O8. The third-order valence-electron chi connectivity index (χ3n) is 15.7. The van der Waals surface area contributed by atoms with Gasteiger partial charge >= 0.3 is 0 Å². The molecule has 5 amide bonds. The Labute approximate surface area is 471 Å². The lowest BCUT2D eigenvalue weighted by Gasteiger charge is -2.32. The Balaban J connectivity index is 1.03. The standard InChI is InChI=1S/C64H69N9O8/c74-59-36-47(32-44-23-28-65-29-24-44)60(75)71-56(33-43-17-20-49(21-18-43)80-41-45-12-5-2-6-13-45)62(77)72-57(34-46-14-9-27-67-38-46)64(79)73-40-51(81-50-25-30-66-31-26-50)37-58(73)63(78)69-54(22-19-42-10-3-1-4-11-42)61(76)70-55(59)35-48-39-68-53-16-8-7-15-52(48)53/h1-18,20-21,25-27,30-31,38-39,44,47,51,54-58,65,68H,19,22-24,28-29,32-37,40-41H2,(H,69,78)(H,70,76)(H,71,75)(H,72,77)/t47-,51-,54+,55+,56+,57+,58+/m1/s1. The molecule has 17 heteroatoms. The highest BCUT2D eigenvalue weighted by molar-refractivity contribution is 5.99. The second kappa shape index (κ2) is 27.0. The van der Waals surface area contributed by atoms with Gasteiger partial charge in [0.1, 0.15) is 48.4 Å². The molecule has 0 unspecified atom stereocenters. The van der Waals surface area contributed by atoms with Gasteiger partial charge in [-0.1, -0.05) is 97.1 Å². The quantitative estimate of drug-likeness (QED) is 0.0643. The monoisotopic (exact) mass is 1090 g/mol. The van der Waals surface area contributed by atoms with Crippen molar-refractivity contribution in [3.05, 3.63) is 192 Å². The number of aromatic nitrogens is 3. The topological polar surface area (TPSA) is 226 Å². The summed E-state index contributed by atoms with van der Waals surface area (Å²) in [6, 6.07) is 35.3. The molecule has 17 nitrogen and oxygen atoms in total. The number of H-pyrrole nitrogens is 1. The fourth-order valence-electron chi connectivity index (χ4n) is 11.3. The van der Waals surface area contributed by atoms with E-state index < -0.39 is 71.8 Å². The van der Waals surface area contributed by atoms with E-state index in [1.54, 1.807) is 49.1 Å². The number of aryl methyl sites for hydroxylation is 1. The highest BCUT2D eigenvalue weighted by Crippen LogP contribution is 2.29. The number of piperidine rings is 1. The summed E-state index contributed by atoms with van der Waals surface area (Å²) in [6.07, 6.45) is 9.87. The van der Waals surface area contributed by atoms with Crippen LogP contribution in [0.25, 0.3) is 10.9 Å². The van der Waals surface area contributed by atoms with Gasteiger partial charge < -0.3 is 45.9 Å². The van der Waals surface area contributed by atoms with Crippen molar-refractivity contribution in [2.24, 2.45) is 11.8 Å². The van der Waals surface area contributed by atoms with E-state index in [1.165, 1.54) is 4.90 Å². The number of nitrogens with zero attached hydrogens (tertiary/aromatic N) is 3. The molecule has 3 saturated heterocycles. The van der Waals surface area contributed by atoms with Crippen molar-refractivity contribution >= 4 is 46.2 Å². The summed E-state index contributed by atoms with van der Waals surface area (Å²) in [6.45, 7) is 1.80. The highest BCUT2D eigenvalue weighted by atomic mass is 16.5. The first-order chi connectivity index (χ1) is 39.6. The number of carbonyl (C=O) groups excluding carboxylic acids is 6. The maximum atomic E-state index is 15.5. The molecule has 6 N–H and O–H groups in total. The number of hydrogen-bond acceptors (Lipinski definition) is 11. The largest absolute Gasteiger partial charge is 0.489 e. The number of fused-ring (bicyclic) bond motifs is 2. The summed E-state index contributed by atoms with van der Waals surface area (Å²) in [7, 11) is 0. The lowest BCUT2D eigenvalue weighted by atomic mass is 9.83. The van der Waals surface area contributed by atoms with Crippen LogP contribution in [0.1, 0.15) is 66.3 Å². The van der Waals surface area contributed by atoms with Crippen LogP contribution in [-0.2, 0) is 61.1 Å². The van der Waals surface area contributed by atoms with Crippen LogP contribution >= 0.6 is 0 Å². The fraction of sp³-hybridized carbons (Fsp3) is 0.344. The Kier molecular flexibility index (Phi) is 18.5. The second-order valence-corrected chi connectivity index (χ2v) is 21.5. The molecule has 6 heterocycles. The molecule has 7 atom stereocenters. The van der Waals surface area contributed by atoms with Gasteiger partial charge in [0, 0.05) is 79.9 Å². The molecule has 7 aromatic rings. The number of ether oxygens (including phenoxy) is 2. The number of nitrogens with one attached hydrogen (secondary N) is 6. The third-order valence-corrected chi connectivity index (χ3v) is 15.7. The lowest BCUT2D eigenvalue weighted by molar-refractivity contribution is -0.143. The lowest BCUT2D eigenvalue weighted by Crippen LogP contribution is -2.60. The predicted octanol–water partition coefficient (Wildman–Crippen LogP) is 6.16. The highest BCUT2D eigenvalue weighted by Gasteiger charge is 2.45. The predicted molar refractivity (Wildman–Crippen MR) is 305 cm³/mol. The number of rotatable bonds is 16. The van der Waals surface area contributed by atoms with Gasteiger partial charge in [0.05, 0.1) is 12.6 Å². The molecule has 0 spiro atoms. The van der Waals surface area contributed by atoms with Crippen LogP contribution in [-0.4, -0.2) is 111 Å². The van der Waals surface area contributed by atoms with Gasteiger partial charge in [0.15, 0.2) is 5.78 Å². The number of pyridine rings is 2. The number of Topliss-reactive ketones (excluding diaryl/α,β-unsaturated/α-hetero) is 1. The molecule has 3 fully saturated rings. The summed E-state index contributed by atoms with van der Waals surface area (Å²) in [5.74, 6) is -3.01. The van der Waals surface area contributed by atoms with Crippen LogP contribution in [0.4, 0.5) is 0 Å². The Hall–Kier alpha value is -8.70. The van der Waals surface area contributed by atoms with Crippen molar-refractivity contribution < 1.29 is 38.2 Å². The molecule has 0 bridgehead atoms. The third kappa shape index (κ3) is 15.0. The summed E-state index contributed by atoms with van der Waals surface area (Å²) in [5.41, 5.74) is 4.89. The van der Waals surface area contributed by atoms with Crippen molar-refractivity contribution in [1.29, 1.82) is 0 Å². The second-order valence-electron chi connectivity index (χ2n) is 21.5. The van der Waals surface area contributed by atoms with E-state index in [0.29, 0.717) is 42.1 Å². The number of ketones is 1. The van der Waals surface area contributed by atoms with E-state index in [4.69, 9.17) is 9.47 Å². The van der Waals surface area contributed by atoms with Crippen molar-refractivity contribution in [2.75, 3.05) is 19.6 Å². The van der Waals surface area contributed by atoms with Crippen LogP contribution < -0.4 is 36.1 Å². The normalized spacial score (nSPS) is 22.6. The van der Waals surface area contributed by atoms with Gasteiger partial charge in [-0.15, -0.1) is 0 Å². The summed E-state index contributed by atoms with van der Waals surface area (Å²) in [5, 5.41) is 16.5. The molecule has 4 aromatic carbocycles. The van der Waals surface area contributed by atoms with Crippen LogP contribution in [0.5, 0.6) is 11.5 Å². The Morgan fingerprint density at radius 1 is 0.568 bits per heavy atom. The van der Waals surface area contributed by atoms with Crippen molar-refractivity contribution in [1.82, 2.24) is 46.4 Å². The molecular weight excluding hydrogens is 1020 g/mol. The van der Waals surface area contributed by atoms with Crippen molar-refractivity contribution in [3.63, 3.8) is 0 Å². The minimum atomic E-state index is -1.27. The maximum Gasteiger partial charge on any atom is 0.246 e. The van der Waals surface area contributed by atoms with E-state index in [-0.39, 0.29) is 56.8 Å². The van der Waals surface area contributed by atoms with Crippen molar-refractivity contribution in [2.45, 2.75) is 107 Å². The number of para-hydroxylation sites is 1. The summed E-state index contributed by atoms with van der Waals surface area (Å²) in [4.78, 5) is 105. The molecule has 0 saturated carbocycles. The molecule has 0 aliphatic carbocycles. The zero-order valence-electron chi connectivity index (χ0n) is 45.2. The summed E-state index contributed by atoms with van der Waals surface area (Å²) >= 11 is 0. The zero-order valence-corrected chi connectivity index (χ0v) is 45.2. The van der Waals surface area contributed by atoms with Gasteiger partial charge in [0.2, 0.25) is 29.5 Å². The Morgan fingerprint density at radius 3 is 1.99 bits per heavy atom. The zero-order chi connectivity index (χ0) is 55.9. The van der Waals surface area contributed by atoms with Crippen LogP contribution in [0.3, 0.4) is 0 Å². The number of hydrogen-bond donors (Lipinski definition) is 6. The van der Waals surface area contributed by atoms with Gasteiger partial charge in [-0.25, -0.2) is 0 Å². The molecule has 3 aromatic heterocycles. The molecule has 10 rings (SSSR count). The minimum absolute atomic E-state index is 0.0125. The minimum Gasteiger partial charge on any atom is -0.489 e. The van der Waals surface area contributed by atoms with Crippen LogP contribution in [0, 0.1) is 11.8 Å². The molecule has 3 aliphatic rings. The van der Waals surface area contributed by atoms with Gasteiger partial charge in [-0.3, -0.25) is 38.7 Å². The Bertz CT molecular complexity index is 3230. The molecule has 3 aliphatic heterocycles. The van der Waals surface area contributed by atoms with E-state index in [1.807, 2.05) is 115 Å². The smallest absolute Gasteiger partial charge is 0.246 e. The van der Waals surface area contributed by atoms with Gasteiger partial charge in [-0.2, -0.15) is 0 Å². The first kappa shape index (κ1) is 55.6. The summed E-state index contributed by atoms with van der Waals surface area (Å²) < 4.78 is 12.5. The number of amides is 5. The van der Waals surface area contributed by atoms with E-state index in [9.17, 15) is 0 Å². The molecule has 81 heavy (non-hydrogen) atoms. The number of aromatic amines is 1.